The fourth-order valence-electron chi connectivity index (χ4n) is 4.94. The van der Waals surface area contributed by atoms with Crippen LogP contribution in [0, 0.1) is 0 Å². The molecular weight excluding hydrogens is 451 g/mol. The molecular formula is C29H31BN2O4. The van der Waals surface area contributed by atoms with Crippen LogP contribution in [0.5, 0.6) is 0 Å². The van der Waals surface area contributed by atoms with Crippen molar-refractivity contribution in [3.63, 3.8) is 0 Å². The molecule has 2 amide bonds. The number of carbonyl (C=O) groups excluding carboxylic acids is 2. The van der Waals surface area contributed by atoms with Crippen molar-refractivity contribution in [3.05, 3.63) is 89.5 Å². The number of nitrogens with two attached hydrogens (primary N) is 1. The average Bonchev–Trinajstić information content (AvgIpc) is 3.29. The number of hydrogen-bond donors (Lipinski definition) is 2. The minimum atomic E-state index is -0.833. The second kappa shape index (κ2) is 8.91. The molecule has 1 saturated heterocycles. The molecule has 0 saturated carbocycles. The van der Waals surface area contributed by atoms with E-state index in [2.05, 4.69) is 5.32 Å². The third-order valence-electron chi connectivity index (χ3n) is 7.70. The molecule has 0 radical (unpaired) electrons. The van der Waals surface area contributed by atoms with Gasteiger partial charge in [-0.15, -0.1) is 0 Å². The predicted molar refractivity (Wildman–Crippen MR) is 141 cm³/mol. The highest BCUT2D eigenvalue weighted by atomic mass is 16.7. The molecule has 1 heterocycles. The largest absolute Gasteiger partial charge is 0.494 e. The highest BCUT2D eigenvalue weighted by Crippen LogP contribution is 2.44. The van der Waals surface area contributed by atoms with Crippen molar-refractivity contribution >= 4 is 24.4 Å². The van der Waals surface area contributed by atoms with E-state index in [1.54, 1.807) is 0 Å². The third kappa shape index (κ3) is 4.23. The molecule has 1 aliphatic carbocycles. The van der Waals surface area contributed by atoms with Crippen molar-refractivity contribution in [2.75, 3.05) is 0 Å². The second-order valence-corrected chi connectivity index (χ2v) is 10.6. The lowest BCUT2D eigenvalue weighted by atomic mass is 9.78. The summed E-state index contributed by atoms with van der Waals surface area (Å²) in [6.07, 6.45) is 0.292. The Bertz CT molecular complexity index is 1260. The maximum Gasteiger partial charge on any atom is 0.494 e. The highest BCUT2D eigenvalue weighted by Gasteiger charge is 2.51. The molecule has 0 bridgehead atoms. The van der Waals surface area contributed by atoms with E-state index in [1.165, 1.54) is 0 Å². The predicted octanol–water partition coefficient (Wildman–Crippen LogP) is 3.31. The van der Waals surface area contributed by atoms with Crippen LogP contribution < -0.4 is 16.5 Å². The Hall–Kier alpha value is -3.42. The van der Waals surface area contributed by atoms with Gasteiger partial charge in [-0.05, 0) is 61.0 Å². The Morgan fingerprint density at radius 2 is 1.36 bits per heavy atom. The van der Waals surface area contributed by atoms with Gasteiger partial charge in [0.2, 0.25) is 11.8 Å². The van der Waals surface area contributed by atoms with E-state index in [-0.39, 0.29) is 5.91 Å². The van der Waals surface area contributed by atoms with E-state index in [9.17, 15) is 9.59 Å². The van der Waals surface area contributed by atoms with E-state index in [4.69, 9.17) is 15.0 Å². The van der Waals surface area contributed by atoms with Crippen LogP contribution in [0.4, 0.5) is 0 Å². The van der Waals surface area contributed by atoms with Gasteiger partial charge in [-0.2, -0.15) is 0 Å². The quantitative estimate of drug-likeness (QED) is 0.528. The fraction of sp³-hybridized carbons (Fsp3) is 0.310. The third-order valence-corrected chi connectivity index (χ3v) is 7.70. The zero-order valence-corrected chi connectivity index (χ0v) is 21.1. The summed E-state index contributed by atoms with van der Waals surface area (Å²) in [5.74, 6) is -1.28. The lowest BCUT2D eigenvalue weighted by Crippen LogP contribution is -2.47. The highest BCUT2D eigenvalue weighted by molar-refractivity contribution is 6.62. The number of primary amides is 1. The Morgan fingerprint density at radius 3 is 1.86 bits per heavy atom. The summed E-state index contributed by atoms with van der Waals surface area (Å²) in [7, 11) is -0.460. The molecule has 0 unspecified atom stereocenters. The van der Waals surface area contributed by atoms with Crippen LogP contribution in [0.1, 0.15) is 50.3 Å². The van der Waals surface area contributed by atoms with Crippen LogP contribution in [0.3, 0.4) is 0 Å². The molecule has 7 heteroatoms. The first-order chi connectivity index (χ1) is 17.1. The number of hydrogen-bond acceptors (Lipinski definition) is 4. The van der Waals surface area contributed by atoms with Gasteiger partial charge in [-0.3, -0.25) is 9.59 Å². The van der Waals surface area contributed by atoms with Gasteiger partial charge < -0.3 is 20.4 Å². The molecule has 0 spiro atoms. The first-order valence-electron chi connectivity index (χ1n) is 12.3. The van der Waals surface area contributed by atoms with Gasteiger partial charge in [0.05, 0.1) is 17.1 Å². The minimum Gasteiger partial charge on any atom is -0.399 e. The maximum absolute atomic E-state index is 13.5. The molecule has 5 rings (SSSR count). The second-order valence-electron chi connectivity index (χ2n) is 10.6. The summed E-state index contributed by atoms with van der Waals surface area (Å²) in [5, 5.41) is 2.92. The van der Waals surface area contributed by atoms with Crippen LogP contribution >= 0.6 is 0 Å². The lowest BCUT2D eigenvalue weighted by molar-refractivity contribution is -0.127. The molecule has 2 aliphatic rings. The average molecular weight is 482 g/mol. The van der Waals surface area contributed by atoms with Gasteiger partial charge in [-0.25, -0.2) is 0 Å². The first kappa shape index (κ1) is 24.3. The van der Waals surface area contributed by atoms with Gasteiger partial charge in [0, 0.05) is 6.42 Å². The number of rotatable bonds is 6. The summed E-state index contributed by atoms with van der Waals surface area (Å²) >= 11 is 0. The van der Waals surface area contributed by atoms with Crippen molar-refractivity contribution in [1.82, 2.24) is 5.32 Å². The monoisotopic (exact) mass is 482 g/mol. The SMILES string of the molecule is CC1(C)OB(c2ccc(C[C@@H](NC(=O)C3c4ccccc4-c4ccccc43)C(N)=O)cc2)OC1(C)C. The van der Waals surface area contributed by atoms with Crippen molar-refractivity contribution in [2.24, 2.45) is 5.73 Å². The number of carbonyl (C=O) groups is 2. The molecule has 1 atom stereocenters. The summed E-state index contributed by atoms with van der Waals surface area (Å²) in [5.41, 5.74) is 10.6. The van der Waals surface area contributed by atoms with Gasteiger partial charge >= 0.3 is 7.12 Å². The van der Waals surface area contributed by atoms with Crippen molar-refractivity contribution in [3.8, 4) is 11.1 Å². The molecule has 3 N–H and O–H groups in total. The van der Waals surface area contributed by atoms with E-state index in [0.29, 0.717) is 6.42 Å². The molecule has 0 aromatic heterocycles. The van der Waals surface area contributed by atoms with Crippen LogP contribution in [-0.4, -0.2) is 36.2 Å². The number of fused-ring (bicyclic) bond motifs is 3. The van der Waals surface area contributed by atoms with Crippen molar-refractivity contribution < 1.29 is 18.9 Å². The minimum absolute atomic E-state index is 0.231. The zero-order chi connectivity index (χ0) is 25.7. The summed E-state index contributed by atoms with van der Waals surface area (Å²) in [6, 6.07) is 22.6. The van der Waals surface area contributed by atoms with Gasteiger partial charge in [0.25, 0.3) is 0 Å². The van der Waals surface area contributed by atoms with Crippen LogP contribution in [0.2, 0.25) is 0 Å². The van der Waals surface area contributed by atoms with Crippen LogP contribution in [0.25, 0.3) is 11.1 Å². The van der Waals surface area contributed by atoms with Crippen LogP contribution in [0.15, 0.2) is 72.8 Å². The van der Waals surface area contributed by atoms with E-state index < -0.39 is 36.2 Å². The molecule has 36 heavy (non-hydrogen) atoms. The van der Waals surface area contributed by atoms with Crippen LogP contribution in [-0.2, 0) is 25.3 Å². The Balaban J connectivity index is 1.32. The zero-order valence-electron chi connectivity index (χ0n) is 21.1. The fourth-order valence-corrected chi connectivity index (χ4v) is 4.94. The number of nitrogens with one attached hydrogen (secondary N) is 1. The molecule has 1 fully saturated rings. The summed E-state index contributed by atoms with van der Waals surface area (Å²) in [6.45, 7) is 8.07. The summed E-state index contributed by atoms with van der Waals surface area (Å²) in [4.78, 5) is 25.8. The van der Waals surface area contributed by atoms with Crippen molar-refractivity contribution in [2.45, 2.75) is 57.3 Å². The van der Waals surface area contributed by atoms with E-state index >= 15 is 0 Å². The normalized spacial score (nSPS) is 18.4. The molecule has 184 valence electrons. The maximum atomic E-state index is 13.5. The topological polar surface area (TPSA) is 90.6 Å². The molecule has 6 nitrogen and oxygen atoms in total. The summed E-state index contributed by atoms with van der Waals surface area (Å²) < 4.78 is 12.2. The van der Waals surface area contributed by atoms with Gasteiger partial charge in [-0.1, -0.05) is 72.8 Å². The van der Waals surface area contributed by atoms with Crippen molar-refractivity contribution in [1.29, 1.82) is 0 Å². The Kier molecular flexibility index (Phi) is 6.01. The Morgan fingerprint density at radius 1 is 0.861 bits per heavy atom. The molecule has 3 aromatic carbocycles. The molecule has 3 aromatic rings. The lowest BCUT2D eigenvalue weighted by Gasteiger charge is -2.32. The Labute approximate surface area is 212 Å². The smallest absolute Gasteiger partial charge is 0.399 e. The first-order valence-corrected chi connectivity index (χ1v) is 12.3. The number of amides is 2. The standard InChI is InChI=1S/C29H31BN2O4/c1-28(2)29(3,4)36-30(35-28)19-15-13-18(14-16-19)17-24(26(31)33)32-27(34)25-22-11-7-5-9-20(22)21-10-6-8-12-23(21)25/h5-16,24-25H,17H2,1-4H3,(H2,31,33)(H,32,34)/t24-/m1/s1. The van der Waals surface area contributed by atoms with Gasteiger partial charge in [0.15, 0.2) is 0 Å². The molecule has 1 aliphatic heterocycles. The number of benzene rings is 3. The van der Waals surface area contributed by atoms with E-state index in [1.807, 2.05) is 100 Å². The van der Waals surface area contributed by atoms with Gasteiger partial charge in [0.1, 0.15) is 6.04 Å². The van der Waals surface area contributed by atoms with E-state index in [0.717, 1.165) is 33.3 Å².